The molecule has 1 aliphatic rings. The fourth-order valence-corrected chi connectivity index (χ4v) is 1.24. The van der Waals surface area contributed by atoms with E-state index in [1.54, 1.807) is 0 Å². The first kappa shape index (κ1) is 6.09. The van der Waals surface area contributed by atoms with Crippen molar-refractivity contribution in [2.24, 2.45) is 11.8 Å². The molecular formula is C7H15N. The lowest BCUT2D eigenvalue weighted by Gasteiger charge is -2.10. The van der Waals surface area contributed by atoms with Crippen molar-refractivity contribution in [3.05, 3.63) is 0 Å². The van der Waals surface area contributed by atoms with E-state index in [4.69, 9.17) is 0 Å². The molecule has 48 valence electrons. The molecule has 1 saturated heterocycles. The highest BCUT2D eigenvalue weighted by molar-refractivity contribution is 4.81. The average molecular weight is 113 g/mol. The van der Waals surface area contributed by atoms with Crippen LogP contribution in [0.5, 0.6) is 0 Å². The van der Waals surface area contributed by atoms with E-state index in [0.717, 1.165) is 17.9 Å². The van der Waals surface area contributed by atoms with Crippen LogP contribution in [0.25, 0.3) is 0 Å². The molecule has 0 spiro atoms. The SMILES string of the molecule is C[C@H]1[C@H](C)CN[C@H]1C. The Balaban J connectivity index is 2.44. The van der Waals surface area contributed by atoms with E-state index >= 15 is 0 Å². The molecule has 3 atom stereocenters. The monoisotopic (exact) mass is 113 g/mol. The van der Waals surface area contributed by atoms with Gasteiger partial charge in [-0.05, 0) is 25.3 Å². The molecule has 0 bridgehead atoms. The van der Waals surface area contributed by atoms with Crippen molar-refractivity contribution in [2.45, 2.75) is 26.8 Å². The van der Waals surface area contributed by atoms with Crippen LogP contribution in [0, 0.1) is 11.8 Å². The van der Waals surface area contributed by atoms with Crippen molar-refractivity contribution in [2.75, 3.05) is 6.54 Å². The predicted octanol–water partition coefficient (Wildman–Crippen LogP) is 1.25. The van der Waals surface area contributed by atoms with Gasteiger partial charge in [0.2, 0.25) is 0 Å². The van der Waals surface area contributed by atoms with E-state index < -0.39 is 0 Å². The van der Waals surface area contributed by atoms with Crippen LogP contribution in [-0.2, 0) is 0 Å². The maximum atomic E-state index is 3.42. The number of hydrogen-bond donors (Lipinski definition) is 1. The van der Waals surface area contributed by atoms with E-state index in [-0.39, 0.29) is 0 Å². The minimum Gasteiger partial charge on any atom is -0.314 e. The summed E-state index contributed by atoms with van der Waals surface area (Å²) in [6.07, 6.45) is 0. The third-order valence-corrected chi connectivity index (χ3v) is 2.45. The molecule has 0 amide bonds. The molecule has 8 heavy (non-hydrogen) atoms. The zero-order chi connectivity index (χ0) is 6.15. The van der Waals surface area contributed by atoms with Crippen LogP contribution in [0.1, 0.15) is 20.8 Å². The van der Waals surface area contributed by atoms with Gasteiger partial charge in [0.25, 0.3) is 0 Å². The first-order valence-corrected chi connectivity index (χ1v) is 3.45. The molecule has 0 saturated carbocycles. The van der Waals surface area contributed by atoms with Crippen molar-refractivity contribution < 1.29 is 0 Å². The molecule has 1 heterocycles. The highest BCUT2D eigenvalue weighted by Crippen LogP contribution is 2.19. The summed E-state index contributed by atoms with van der Waals surface area (Å²) in [4.78, 5) is 0. The average Bonchev–Trinajstić information content (AvgIpc) is 1.98. The number of rotatable bonds is 0. The molecule has 0 aromatic rings. The van der Waals surface area contributed by atoms with Crippen molar-refractivity contribution in [3.8, 4) is 0 Å². The van der Waals surface area contributed by atoms with Gasteiger partial charge in [-0.1, -0.05) is 13.8 Å². The highest BCUT2D eigenvalue weighted by atomic mass is 14.9. The van der Waals surface area contributed by atoms with Crippen molar-refractivity contribution >= 4 is 0 Å². The zero-order valence-corrected chi connectivity index (χ0v) is 5.94. The maximum Gasteiger partial charge on any atom is 0.00674 e. The van der Waals surface area contributed by atoms with Gasteiger partial charge in [0.1, 0.15) is 0 Å². The Labute approximate surface area is 51.5 Å². The quantitative estimate of drug-likeness (QED) is 0.498. The van der Waals surface area contributed by atoms with E-state index in [1.165, 1.54) is 6.54 Å². The Hall–Kier alpha value is -0.0400. The Bertz CT molecular complexity index is 70.5. The van der Waals surface area contributed by atoms with E-state index in [2.05, 4.69) is 26.1 Å². The lowest BCUT2D eigenvalue weighted by atomic mass is 9.95. The topological polar surface area (TPSA) is 12.0 Å². The molecule has 0 aromatic heterocycles. The largest absolute Gasteiger partial charge is 0.314 e. The Kier molecular flexibility index (Phi) is 1.57. The lowest BCUT2D eigenvalue weighted by Crippen LogP contribution is -2.20. The summed E-state index contributed by atoms with van der Waals surface area (Å²) in [5.41, 5.74) is 0. The molecule has 1 nitrogen and oxygen atoms in total. The van der Waals surface area contributed by atoms with E-state index in [1.807, 2.05) is 0 Å². The second kappa shape index (κ2) is 2.06. The molecule has 0 aromatic carbocycles. The zero-order valence-electron chi connectivity index (χ0n) is 5.94. The van der Waals surface area contributed by atoms with Gasteiger partial charge in [0.05, 0.1) is 0 Å². The van der Waals surface area contributed by atoms with Gasteiger partial charge in [0, 0.05) is 6.04 Å². The molecule has 0 radical (unpaired) electrons. The minimum absolute atomic E-state index is 0.741. The molecule has 1 heteroatoms. The normalized spacial score (nSPS) is 47.6. The molecular weight excluding hydrogens is 98.1 g/mol. The van der Waals surface area contributed by atoms with Crippen LogP contribution in [-0.4, -0.2) is 12.6 Å². The molecule has 1 N–H and O–H groups in total. The second-order valence-electron chi connectivity index (χ2n) is 3.03. The second-order valence-corrected chi connectivity index (χ2v) is 3.03. The molecule has 0 aliphatic carbocycles. The summed E-state index contributed by atoms with van der Waals surface area (Å²) >= 11 is 0. The summed E-state index contributed by atoms with van der Waals surface area (Å²) in [7, 11) is 0. The van der Waals surface area contributed by atoms with Crippen LogP contribution < -0.4 is 5.32 Å². The summed E-state index contributed by atoms with van der Waals surface area (Å²) in [5, 5.41) is 3.42. The van der Waals surface area contributed by atoms with E-state index in [0.29, 0.717) is 0 Å². The van der Waals surface area contributed by atoms with Gasteiger partial charge in [-0.15, -0.1) is 0 Å². The van der Waals surface area contributed by atoms with Crippen LogP contribution in [0.4, 0.5) is 0 Å². The van der Waals surface area contributed by atoms with Crippen LogP contribution >= 0.6 is 0 Å². The van der Waals surface area contributed by atoms with Crippen molar-refractivity contribution in [1.82, 2.24) is 5.32 Å². The van der Waals surface area contributed by atoms with Gasteiger partial charge in [-0.3, -0.25) is 0 Å². The Morgan fingerprint density at radius 2 is 1.88 bits per heavy atom. The Morgan fingerprint density at radius 3 is 2.00 bits per heavy atom. The first-order chi connectivity index (χ1) is 3.72. The molecule has 1 fully saturated rings. The predicted molar refractivity (Wildman–Crippen MR) is 35.8 cm³/mol. The summed E-state index contributed by atoms with van der Waals surface area (Å²) in [5.74, 6) is 1.75. The maximum absolute atomic E-state index is 3.42. The summed E-state index contributed by atoms with van der Waals surface area (Å²) < 4.78 is 0. The fourth-order valence-electron chi connectivity index (χ4n) is 1.24. The van der Waals surface area contributed by atoms with Crippen molar-refractivity contribution in [1.29, 1.82) is 0 Å². The molecule has 1 aliphatic heterocycles. The first-order valence-electron chi connectivity index (χ1n) is 3.45. The van der Waals surface area contributed by atoms with Crippen molar-refractivity contribution in [3.63, 3.8) is 0 Å². The number of nitrogens with one attached hydrogen (secondary N) is 1. The molecule has 0 unspecified atom stereocenters. The Morgan fingerprint density at radius 1 is 1.25 bits per heavy atom. The van der Waals surface area contributed by atoms with Crippen LogP contribution in [0.3, 0.4) is 0 Å². The number of hydrogen-bond acceptors (Lipinski definition) is 1. The summed E-state index contributed by atoms with van der Waals surface area (Å²) in [6, 6.07) is 0.741. The third kappa shape index (κ3) is 0.873. The van der Waals surface area contributed by atoms with Crippen LogP contribution in [0.15, 0.2) is 0 Å². The van der Waals surface area contributed by atoms with Crippen LogP contribution in [0.2, 0.25) is 0 Å². The smallest absolute Gasteiger partial charge is 0.00674 e. The van der Waals surface area contributed by atoms with E-state index in [9.17, 15) is 0 Å². The van der Waals surface area contributed by atoms with Gasteiger partial charge in [0.15, 0.2) is 0 Å². The minimum atomic E-state index is 0.741. The summed E-state index contributed by atoms with van der Waals surface area (Å²) in [6.45, 7) is 8.09. The van der Waals surface area contributed by atoms with Gasteiger partial charge < -0.3 is 5.32 Å². The molecule has 1 rings (SSSR count). The third-order valence-electron chi connectivity index (χ3n) is 2.45. The van der Waals surface area contributed by atoms with Gasteiger partial charge in [-0.25, -0.2) is 0 Å². The lowest BCUT2D eigenvalue weighted by molar-refractivity contribution is 0.436. The van der Waals surface area contributed by atoms with Gasteiger partial charge in [-0.2, -0.15) is 0 Å². The van der Waals surface area contributed by atoms with Gasteiger partial charge >= 0.3 is 0 Å². The standard InChI is InChI=1S/C7H15N/c1-5-4-8-7(3)6(5)2/h5-8H,4H2,1-3H3/t5-,6+,7+/m1/s1. The fraction of sp³-hybridized carbons (Fsp3) is 1.00. The highest BCUT2D eigenvalue weighted by Gasteiger charge is 2.24.